The Kier molecular flexibility index (Phi) is 3.51. The van der Waals surface area contributed by atoms with Gasteiger partial charge in [0, 0.05) is 18.7 Å². The maximum Gasteiger partial charge on any atom is 0.129 e. The van der Waals surface area contributed by atoms with E-state index in [9.17, 15) is 8.78 Å². The molecular weight excluding hydrogens is 212 g/mol. The van der Waals surface area contributed by atoms with Crippen LogP contribution in [-0.2, 0) is 4.74 Å². The maximum atomic E-state index is 13.5. The first-order chi connectivity index (χ1) is 7.70. The third-order valence-electron chi connectivity index (χ3n) is 2.76. The zero-order valence-electron chi connectivity index (χ0n) is 9.17. The van der Waals surface area contributed by atoms with E-state index in [-0.39, 0.29) is 11.7 Å². The second-order valence-electron chi connectivity index (χ2n) is 3.92. The van der Waals surface area contributed by atoms with Gasteiger partial charge in [-0.1, -0.05) is 12.1 Å². The number of rotatable bonds is 2. The zero-order chi connectivity index (χ0) is 11.5. The lowest BCUT2D eigenvalue weighted by Gasteiger charge is -2.26. The summed E-state index contributed by atoms with van der Waals surface area (Å²) in [5, 5.41) is 3.15. The molecule has 1 fully saturated rings. The van der Waals surface area contributed by atoms with Crippen molar-refractivity contribution in [1.82, 2.24) is 5.32 Å². The van der Waals surface area contributed by atoms with E-state index in [2.05, 4.69) is 5.32 Å². The molecule has 1 N–H and O–H groups in total. The number of hydrogen-bond donors (Lipinski definition) is 1. The van der Waals surface area contributed by atoms with Crippen LogP contribution in [0.4, 0.5) is 8.78 Å². The van der Waals surface area contributed by atoms with E-state index in [4.69, 9.17) is 4.74 Å². The van der Waals surface area contributed by atoms with Crippen molar-refractivity contribution in [3.05, 3.63) is 35.1 Å². The summed E-state index contributed by atoms with van der Waals surface area (Å²) in [5.74, 6) is -0.498. The van der Waals surface area contributed by atoms with Crippen LogP contribution >= 0.6 is 0 Å². The average molecular weight is 227 g/mol. The number of hydrogen-bond acceptors (Lipinski definition) is 2. The van der Waals surface area contributed by atoms with Gasteiger partial charge in [-0.25, -0.2) is 8.78 Å². The molecule has 2 nitrogen and oxygen atoms in total. The van der Waals surface area contributed by atoms with E-state index in [1.807, 2.05) is 0 Å². The Morgan fingerprint density at radius 3 is 2.94 bits per heavy atom. The number of nitrogens with one attached hydrogen (secondary N) is 1. The monoisotopic (exact) mass is 227 g/mol. The Balaban J connectivity index is 2.34. The van der Waals surface area contributed by atoms with Crippen LogP contribution in [0.3, 0.4) is 0 Å². The fourth-order valence-corrected chi connectivity index (χ4v) is 2.02. The van der Waals surface area contributed by atoms with Gasteiger partial charge in [0.15, 0.2) is 0 Å². The molecule has 0 aliphatic carbocycles. The van der Waals surface area contributed by atoms with Crippen LogP contribution in [0.15, 0.2) is 18.2 Å². The number of ether oxygens (including phenoxy) is 1. The Bertz CT molecular complexity index is 362. The SMILES string of the molecule is CC(F)c1c(F)cccc1C1CNCCO1. The van der Waals surface area contributed by atoms with E-state index in [0.717, 1.165) is 6.54 Å². The first-order valence-corrected chi connectivity index (χ1v) is 5.45. The minimum absolute atomic E-state index is 0.121. The van der Waals surface area contributed by atoms with E-state index in [1.54, 1.807) is 12.1 Å². The zero-order valence-corrected chi connectivity index (χ0v) is 9.17. The molecule has 1 saturated heterocycles. The third-order valence-corrected chi connectivity index (χ3v) is 2.76. The number of benzene rings is 1. The quantitative estimate of drug-likeness (QED) is 0.838. The Hall–Kier alpha value is -1.00. The van der Waals surface area contributed by atoms with Gasteiger partial charge >= 0.3 is 0 Å². The first kappa shape index (κ1) is 11.5. The molecule has 2 atom stereocenters. The van der Waals surface area contributed by atoms with Gasteiger partial charge in [-0.2, -0.15) is 0 Å². The molecule has 0 radical (unpaired) electrons. The minimum atomic E-state index is -1.32. The molecule has 0 amide bonds. The fourth-order valence-electron chi connectivity index (χ4n) is 2.02. The topological polar surface area (TPSA) is 21.3 Å². The van der Waals surface area contributed by atoms with Crippen LogP contribution in [0.1, 0.15) is 30.3 Å². The normalized spacial score (nSPS) is 23.1. The van der Waals surface area contributed by atoms with Gasteiger partial charge in [0.25, 0.3) is 0 Å². The Morgan fingerprint density at radius 1 is 1.50 bits per heavy atom. The van der Waals surface area contributed by atoms with Crippen molar-refractivity contribution in [1.29, 1.82) is 0 Å². The molecule has 2 unspecified atom stereocenters. The standard InChI is InChI=1S/C12H15F2NO/c1-8(13)12-9(3-2-4-10(12)14)11-7-15-5-6-16-11/h2-4,8,11,15H,5-7H2,1H3. The second-order valence-corrected chi connectivity index (χ2v) is 3.92. The summed E-state index contributed by atoms with van der Waals surface area (Å²) in [7, 11) is 0. The molecule has 88 valence electrons. The molecule has 1 aromatic carbocycles. The van der Waals surface area contributed by atoms with Crippen molar-refractivity contribution < 1.29 is 13.5 Å². The highest BCUT2D eigenvalue weighted by molar-refractivity contribution is 5.32. The van der Waals surface area contributed by atoms with Crippen molar-refractivity contribution in [2.24, 2.45) is 0 Å². The van der Waals surface area contributed by atoms with Crippen LogP contribution in [0, 0.1) is 5.82 Å². The molecule has 0 saturated carbocycles. The highest BCUT2D eigenvalue weighted by atomic mass is 19.1. The summed E-state index contributed by atoms with van der Waals surface area (Å²) in [6, 6.07) is 4.60. The second kappa shape index (κ2) is 4.89. The van der Waals surface area contributed by atoms with Gasteiger partial charge < -0.3 is 10.1 Å². The highest BCUT2D eigenvalue weighted by Crippen LogP contribution is 2.30. The average Bonchev–Trinajstić information content (AvgIpc) is 2.29. The van der Waals surface area contributed by atoms with Gasteiger partial charge in [-0.15, -0.1) is 0 Å². The molecule has 0 bridgehead atoms. The summed E-state index contributed by atoms with van der Waals surface area (Å²) >= 11 is 0. The largest absolute Gasteiger partial charge is 0.371 e. The summed E-state index contributed by atoms with van der Waals surface area (Å²) in [4.78, 5) is 0. The van der Waals surface area contributed by atoms with E-state index in [0.29, 0.717) is 18.7 Å². The van der Waals surface area contributed by atoms with Crippen LogP contribution in [0.25, 0.3) is 0 Å². The summed E-state index contributed by atoms with van der Waals surface area (Å²) in [6.45, 7) is 3.30. The number of halogens is 2. The van der Waals surface area contributed by atoms with Crippen molar-refractivity contribution >= 4 is 0 Å². The molecular formula is C12H15F2NO. The minimum Gasteiger partial charge on any atom is -0.371 e. The van der Waals surface area contributed by atoms with E-state index >= 15 is 0 Å². The summed E-state index contributed by atoms with van der Waals surface area (Å²) in [5.41, 5.74) is 0.735. The van der Waals surface area contributed by atoms with Gasteiger partial charge in [0.05, 0.1) is 12.7 Å². The molecule has 1 heterocycles. The van der Waals surface area contributed by atoms with E-state index in [1.165, 1.54) is 13.0 Å². The van der Waals surface area contributed by atoms with Gasteiger partial charge in [0.2, 0.25) is 0 Å². The lowest BCUT2D eigenvalue weighted by molar-refractivity contribution is 0.0262. The van der Waals surface area contributed by atoms with Gasteiger partial charge in [0.1, 0.15) is 12.0 Å². The molecule has 16 heavy (non-hydrogen) atoms. The molecule has 0 aromatic heterocycles. The summed E-state index contributed by atoms with van der Waals surface area (Å²) < 4.78 is 32.4. The predicted octanol–water partition coefficient (Wildman–Crippen LogP) is 2.52. The third kappa shape index (κ3) is 2.23. The number of morpholine rings is 1. The highest BCUT2D eigenvalue weighted by Gasteiger charge is 2.23. The van der Waals surface area contributed by atoms with Crippen LogP contribution < -0.4 is 5.32 Å². The summed E-state index contributed by atoms with van der Waals surface area (Å²) in [6.07, 6.45) is -1.57. The number of alkyl halides is 1. The molecule has 2 rings (SSSR count). The smallest absolute Gasteiger partial charge is 0.129 e. The Morgan fingerprint density at radius 2 is 2.31 bits per heavy atom. The lowest BCUT2D eigenvalue weighted by Crippen LogP contribution is -2.34. The molecule has 1 aliphatic heterocycles. The predicted molar refractivity (Wildman–Crippen MR) is 57.5 cm³/mol. The lowest BCUT2D eigenvalue weighted by atomic mass is 9.98. The molecule has 4 heteroatoms. The molecule has 0 spiro atoms. The Labute approximate surface area is 93.6 Å². The van der Waals surface area contributed by atoms with E-state index < -0.39 is 12.0 Å². The van der Waals surface area contributed by atoms with Gasteiger partial charge in [-0.3, -0.25) is 0 Å². The molecule has 1 aliphatic rings. The van der Waals surface area contributed by atoms with Crippen LogP contribution in [0.5, 0.6) is 0 Å². The van der Waals surface area contributed by atoms with Crippen molar-refractivity contribution in [3.8, 4) is 0 Å². The molecule has 1 aromatic rings. The maximum absolute atomic E-state index is 13.5. The van der Waals surface area contributed by atoms with Crippen LogP contribution in [0.2, 0.25) is 0 Å². The van der Waals surface area contributed by atoms with Crippen molar-refractivity contribution in [2.75, 3.05) is 19.7 Å². The van der Waals surface area contributed by atoms with Crippen LogP contribution in [-0.4, -0.2) is 19.7 Å². The van der Waals surface area contributed by atoms with Crippen molar-refractivity contribution in [3.63, 3.8) is 0 Å². The van der Waals surface area contributed by atoms with Crippen molar-refractivity contribution in [2.45, 2.75) is 19.2 Å². The van der Waals surface area contributed by atoms with Gasteiger partial charge in [-0.05, 0) is 18.6 Å². The first-order valence-electron chi connectivity index (χ1n) is 5.45. The fraction of sp³-hybridized carbons (Fsp3) is 0.500.